The van der Waals surface area contributed by atoms with Gasteiger partial charge in [-0.3, -0.25) is 9.89 Å². The normalized spacial score (nSPS) is 17.5. The summed E-state index contributed by atoms with van der Waals surface area (Å²) in [5.74, 6) is 1.79. The van der Waals surface area contributed by atoms with Gasteiger partial charge in [-0.15, -0.1) is 0 Å². The standard InChI is InChI=1S/C22H28N4O5/c1-13(2)31-22(28)23-15-5-6-16-17(12-15)25-26-21(16)24-20(27)11-14-4-7-18-19(10-14)30-9-3-8-29-18/h4,7,10,13,15H,3,5-6,8-9,11-12H2,1-2H3,(H,23,28)(H2,24,25,26,27). The van der Waals surface area contributed by atoms with Crippen molar-refractivity contribution >= 4 is 17.8 Å². The van der Waals surface area contributed by atoms with Crippen LogP contribution in [0.25, 0.3) is 0 Å². The maximum Gasteiger partial charge on any atom is 0.407 e. The van der Waals surface area contributed by atoms with Crippen LogP contribution in [0.1, 0.15) is 43.5 Å². The van der Waals surface area contributed by atoms with Crippen LogP contribution in [-0.4, -0.2) is 47.6 Å². The van der Waals surface area contributed by atoms with Crippen molar-refractivity contribution in [3.8, 4) is 11.5 Å². The first kappa shape index (κ1) is 21.0. The Bertz CT molecular complexity index is 955. The molecule has 0 saturated heterocycles. The average Bonchev–Trinajstić information content (AvgIpc) is 2.94. The second-order valence-electron chi connectivity index (χ2n) is 8.12. The predicted molar refractivity (Wildman–Crippen MR) is 114 cm³/mol. The second kappa shape index (κ2) is 9.28. The van der Waals surface area contributed by atoms with Crippen molar-refractivity contribution in [3.05, 3.63) is 35.0 Å². The summed E-state index contributed by atoms with van der Waals surface area (Å²) in [6.45, 7) is 4.86. The summed E-state index contributed by atoms with van der Waals surface area (Å²) >= 11 is 0. The van der Waals surface area contributed by atoms with Crippen molar-refractivity contribution in [3.63, 3.8) is 0 Å². The van der Waals surface area contributed by atoms with E-state index >= 15 is 0 Å². The molecule has 166 valence electrons. The maximum absolute atomic E-state index is 12.6. The van der Waals surface area contributed by atoms with Crippen molar-refractivity contribution in [1.29, 1.82) is 0 Å². The fourth-order valence-electron chi connectivity index (χ4n) is 3.83. The Morgan fingerprint density at radius 3 is 2.87 bits per heavy atom. The van der Waals surface area contributed by atoms with Crippen molar-refractivity contribution < 1.29 is 23.8 Å². The molecular formula is C22H28N4O5. The van der Waals surface area contributed by atoms with Gasteiger partial charge in [-0.2, -0.15) is 5.10 Å². The first-order valence-electron chi connectivity index (χ1n) is 10.7. The largest absolute Gasteiger partial charge is 0.490 e. The van der Waals surface area contributed by atoms with Gasteiger partial charge in [0.15, 0.2) is 17.3 Å². The first-order chi connectivity index (χ1) is 15.0. The number of anilines is 1. The molecule has 0 saturated carbocycles. The number of nitrogens with zero attached hydrogens (tertiary/aromatic N) is 1. The molecule has 2 aromatic rings. The van der Waals surface area contributed by atoms with Gasteiger partial charge < -0.3 is 24.8 Å². The number of benzene rings is 1. The Kier molecular flexibility index (Phi) is 6.29. The van der Waals surface area contributed by atoms with Gasteiger partial charge in [-0.1, -0.05) is 6.07 Å². The Hall–Kier alpha value is -3.23. The zero-order valence-corrected chi connectivity index (χ0v) is 17.8. The molecule has 0 spiro atoms. The highest BCUT2D eigenvalue weighted by molar-refractivity contribution is 5.92. The number of rotatable bonds is 5. The van der Waals surface area contributed by atoms with Crippen LogP contribution >= 0.6 is 0 Å². The second-order valence-corrected chi connectivity index (χ2v) is 8.12. The van der Waals surface area contributed by atoms with Gasteiger partial charge in [0.2, 0.25) is 5.91 Å². The van der Waals surface area contributed by atoms with E-state index in [4.69, 9.17) is 14.2 Å². The third kappa shape index (κ3) is 5.28. The number of carbonyl (C=O) groups excluding carboxylic acids is 2. The summed E-state index contributed by atoms with van der Waals surface area (Å²) in [7, 11) is 0. The lowest BCUT2D eigenvalue weighted by Crippen LogP contribution is -2.40. The van der Waals surface area contributed by atoms with Crippen molar-refractivity contribution in [2.75, 3.05) is 18.5 Å². The molecule has 1 atom stereocenters. The molecule has 9 heteroatoms. The van der Waals surface area contributed by atoms with Crippen molar-refractivity contribution in [2.24, 2.45) is 0 Å². The number of aromatic nitrogens is 2. The molecule has 0 radical (unpaired) electrons. The van der Waals surface area contributed by atoms with E-state index in [-0.39, 0.29) is 24.5 Å². The molecule has 1 aliphatic carbocycles. The van der Waals surface area contributed by atoms with Crippen LogP contribution in [0.3, 0.4) is 0 Å². The summed E-state index contributed by atoms with van der Waals surface area (Å²) in [6.07, 6.45) is 2.56. The number of alkyl carbamates (subject to hydrolysis) is 1. The van der Waals surface area contributed by atoms with Crippen LogP contribution < -0.4 is 20.1 Å². The minimum Gasteiger partial charge on any atom is -0.490 e. The Labute approximate surface area is 180 Å². The fraction of sp³-hybridized carbons (Fsp3) is 0.500. The predicted octanol–water partition coefficient (Wildman–Crippen LogP) is 2.74. The third-order valence-corrected chi connectivity index (χ3v) is 5.25. The Morgan fingerprint density at radius 1 is 1.26 bits per heavy atom. The monoisotopic (exact) mass is 428 g/mol. The van der Waals surface area contributed by atoms with Crippen LogP contribution in [0.5, 0.6) is 11.5 Å². The average molecular weight is 428 g/mol. The molecule has 4 rings (SSSR count). The van der Waals surface area contributed by atoms with Crippen LogP contribution in [0.15, 0.2) is 18.2 Å². The molecule has 0 fully saturated rings. The number of carbonyl (C=O) groups is 2. The van der Waals surface area contributed by atoms with Crippen molar-refractivity contribution in [2.45, 2.75) is 58.1 Å². The number of nitrogens with one attached hydrogen (secondary N) is 3. The summed E-state index contributed by atoms with van der Waals surface area (Å²) in [5, 5.41) is 13.1. The molecule has 1 unspecified atom stereocenters. The lowest BCUT2D eigenvalue weighted by atomic mass is 9.93. The van der Waals surface area contributed by atoms with Crippen LogP contribution in [-0.2, 0) is 28.8 Å². The summed E-state index contributed by atoms with van der Waals surface area (Å²) < 4.78 is 16.5. The number of fused-ring (bicyclic) bond motifs is 2. The molecule has 2 heterocycles. The third-order valence-electron chi connectivity index (χ3n) is 5.25. The number of H-pyrrole nitrogens is 1. The van der Waals surface area contributed by atoms with E-state index in [9.17, 15) is 9.59 Å². The molecule has 1 aliphatic heterocycles. The van der Waals surface area contributed by atoms with Gasteiger partial charge in [0.05, 0.1) is 25.7 Å². The lowest BCUT2D eigenvalue weighted by Gasteiger charge is -2.23. The van der Waals surface area contributed by atoms with E-state index < -0.39 is 6.09 Å². The quantitative estimate of drug-likeness (QED) is 0.675. The minimum absolute atomic E-state index is 0.0236. The number of ether oxygens (including phenoxy) is 3. The molecule has 9 nitrogen and oxygen atoms in total. The topological polar surface area (TPSA) is 115 Å². The van der Waals surface area contributed by atoms with Gasteiger partial charge in [-0.25, -0.2) is 4.79 Å². The van der Waals surface area contributed by atoms with Crippen LogP contribution in [0, 0.1) is 0 Å². The van der Waals surface area contributed by atoms with E-state index in [0.717, 1.165) is 29.7 Å². The number of aromatic amines is 1. The van der Waals surface area contributed by atoms with Gasteiger partial charge in [0.25, 0.3) is 0 Å². The zero-order valence-electron chi connectivity index (χ0n) is 17.8. The van der Waals surface area contributed by atoms with E-state index in [1.54, 1.807) is 0 Å². The molecule has 31 heavy (non-hydrogen) atoms. The molecule has 3 N–H and O–H groups in total. The van der Waals surface area contributed by atoms with Crippen molar-refractivity contribution in [1.82, 2.24) is 15.5 Å². The Morgan fingerprint density at radius 2 is 2.06 bits per heavy atom. The number of hydrogen-bond donors (Lipinski definition) is 3. The molecule has 1 aromatic carbocycles. The fourth-order valence-corrected chi connectivity index (χ4v) is 3.83. The van der Waals surface area contributed by atoms with Gasteiger partial charge >= 0.3 is 6.09 Å². The summed E-state index contributed by atoms with van der Waals surface area (Å²) in [4.78, 5) is 24.4. The molecule has 2 amide bonds. The molecular weight excluding hydrogens is 400 g/mol. The SMILES string of the molecule is CC(C)OC(=O)NC1CCc2c(NC(=O)Cc3ccc4c(c3)OCCCO4)n[nH]c2C1. The van der Waals surface area contributed by atoms with E-state index in [2.05, 4.69) is 20.8 Å². The molecule has 2 aliphatic rings. The zero-order chi connectivity index (χ0) is 21.8. The highest BCUT2D eigenvalue weighted by Gasteiger charge is 2.26. The smallest absolute Gasteiger partial charge is 0.407 e. The van der Waals surface area contributed by atoms with Crippen LogP contribution in [0.4, 0.5) is 10.6 Å². The van der Waals surface area contributed by atoms with Gasteiger partial charge in [-0.05, 0) is 44.4 Å². The van der Waals surface area contributed by atoms with E-state index in [1.165, 1.54) is 0 Å². The highest BCUT2D eigenvalue weighted by atomic mass is 16.6. The first-order valence-corrected chi connectivity index (χ1v) is 10.7. The highest BCUT2D eigenvalue weighted by Crippen LogP contribution is 2.31. The number of amides is 2. The lowest BCUT2D eigenvalue weighted by molar-refractivity contribution is -0.115. The summed E-state index contributed by atoms with van der Waals surface area (Å²) in [6, 6.07) is 5.55. The van der Waals surface area contributed by atoms with Gasteiger partial charge in [0.1, 0.15) is 0 Å². The Balaban J connectivity index is 1.34. The maximum atomic E-state index is 12.6. The molecule has 0 bridgehead atoms. The van der Waals surface area contributed by atoms with Gasteiger partial charge in [0, 0.05) is 30.1 Å². The van der Waals surface area contributed by atoms with E-state index in [1.807, 2.05) is 32.0 Å². The van der Waals surface area contributed by atoms with Crippen LogP contribution in [0.2, 0.25) is 0 Å². The summed E-state index contributed by atoms with van der Waals surface area (Å²) in [5.41, 5.74) is 2.76. The minimum atomic E-state index is -0.411. The number of hydrogen-bond acceptors (Lipinski definition) is 6. The van der Waals surface area contributed by atoms with E-state index in [0.29, 0.717) is 43.4 Å². The molecule has 1 aromatic heterocycles.